The molecule has 1 heterocycles. The number of carbonyl (C=O) groups excluding carboxylic acids is 2. The van der Waals surface area contributed by atoms with Crippen LogP contribution in [0.4, 0.5) is 0 Å². The van der Waals surface area contributed by atoms with Gasteiger partial charge in [-0.15, -0.1) is 0 Å². The summed E-state index contributed by atoms with van der Waals surface area (Å²) in [5.41, 5.74) is 2.16. The number of hydrogen-bond acceptors (Lipinski definition) is 4. The van der Waals surface area contributed by atoms with Gasteiger partial charge in [-0.1, -0.05) is 36.4 Å². The molecular formula is C25H32N2O4. The molecule has 3 rings (SSSR count). The first-order valence-corrected chi connectivity index (χ1v) is 11.0. The lowest BCUT2D eigenvalue weighted by molar-refractivity contribution is -0.140. The molecular weight excluding hydrogens is 392 g/mol. The monoisotopic (exact) mass is 424 g/mol. The maximum Gasteiger partial charge on any atom is 0.242 e. The molecule has 166 valence electrons. The summed E-state index contributed by atoms with van der Waals surface area (Å²) in [4.78, 5) is 27.5. The third kappa shape index (κ3) is 6.48. The molecule has 2 amide bonds. The number of fused-ring (bicyclic) bond motifs is 1. The molecule has 1 aliphatic heterocycles. The van der Waals surface area contributed by atoms with Crippen molar-refractivity contribution in [3.63, 3.8) is 0 Å². The van der Waals surface area contributed by atoms with E-state index in [1.807, 2.05) is 62.4 Å². The topological polar surface area (TPSA) is 67.9 Å². The SMILES string of the molecule is CC(C)NC(=O)[C@@H](C)N(CCc1ccccc1)C(=O)CCc1ccc2c(c1)OCCO2. The highest BCUT2D eigenvalue weighted by molar-refractivity contribution is 5.87. The number of benzene rings is 2. The first kappa shape index (κ1) is 22.7. The predicted molar refractivity (Wildman–Crippen MR) is 120 cm³/mol. The van der Waals surface area contributed by atoms with Crippen molar-refractivity contribution < 1.29 is 19.1 Å². The quantitative estimate of drug-likeness (QED) is 0.670. The van der Waals surface area contributed by atoms with Crippen LogP contribution < -0.4 is 14.8 Å². The van der Waals surface area contributed by atoms with E-state index in [-0.39, 0.29) is 17.9 Å². The van der Waals surface area contributed by atoms with Crippen LogP contribution in [0.25, 0.3) is 0 Å². The first-order valence-electron chi connectivity index (χ1n) is 11.0. The summed E-state index contributed by atoms with van der Waals surface area (Å²) in [6, 6.07) is 15.3. The average Bonchev–Trinajstić information content (AvgIpc) is 2.77. The molecule has 1 N–H and O–H groups in total. The van der Waals surface area contributed by atoms with Crippen LogP contribution in [-0.4, -0.2) is 48.6 Å². The fourth-order valence-corrected chi connectivity index (χ4v) is 3.61. The lowest BCUT2D eigenvalue weighted by Crippen LogP contribution is -2.50. The van der Waals surface area contributed by atoms with Crippen molar-refractivity contribution in [2.75, 3.05) is 19.8 Å². The summed E-state index contributed by atoms with van der Waals surface area (Å²) in [6.45, 7) is 7.22. The van der Waals surface area contributed by atoms with Gasteiger partial charge in [0.1, 0.15) is 19.3 Å². The standard InChI is InChI=1S/C25H32N2O4/c1-18(2)26-25(29)19(3)27(14-13-20-7-5-4-6-8-20)24(28)12-10-21-9-11-22-23(17-21)31-16-15-30-22/h4-9,11,17-19H,10,12-16H2,1-3H3,(H,26,29)/t19-/m1/s1. The zero-order chi connectivity index (χ0) is 22.2. The number of nitrogens with one attached hydrogen (secondary N) is 1. The summed E-state index contributed by atoms with van der Waals surface area (Å²) in [5.74, 6) is 1.31. The fraction of sp³-hybridized carbons (Fsp3) is 0.440. The zero-order valence-corrected chi connectivity index (χ0v) is 18.6. The van der Waals surface area contributed by atoms with Crippen LogP contribution in [0.15, 0.2) is 48.5 Å². The molecule has 1 aliphatic rings. The molecule has 2 aromatic rings. The van der Waals surface area contributed by atoms with Gasteiger partial charge in [0, 0.05) is 19.0 Å². The fourth-order valence-electron chi connectivity index (χ4n) is 3.61. The Kier molecular flexibility index (Phi) is 7.93. The van der Waals surface area contributed by atoms with Crippen LogP contribution in [0.2, 0.25) is 0 Å². The molecule has 0 saturated heterocycles. The molecule has 0 saturated carbocycles. The Morgan fingerprint density at radius 2 is 1.65 bits per heavy atom. The van der Waals surface area contributed by atoms with Gasteiger partial charge >= 0.3 is 0 Å². The van der Waals surface area contributed by atoms with E-state index in [2.05, 4.69) is 5.32 Å². The highest BCUT2D eigenvalue weighted by Gasteiger charge is 2.26. The number of nitrogens with zero attached hydrogens (tertiary/aromatic N) is 1. The smallest absolute Gasteiger partial charge is 0.242 e. The van der Waals surface area contributed by atoms with Gasteiger partial charge in [-0.3, -0.25) is 9.59 Å². The van der Waals surface area contributed by atoms with Gasteiger partial charge in [0.2, 0.25) is 11.8 Å². The summed E-state index contributed by atoms with van der Waals surface area (Å²) in [5, 5.41) is 2.92. The molecule has 0 aromatic heterocycles. The molecule has 1 atom stereocenters. The Balaban J connectivity index is 1.66. The first-order chi connectivity index (χ1) is 14.9. The lowest BCUT2D eigenvalue weighted by Gasteiger charge is -2.29. The van der Waals surface area contributed by atoms with E-state index in [9.17, 15) is 9.59 Å². The Hall–Kier alpha value is -3.02. The molecule has 0 bridgehead atoms. The number of carbonyl (C=O) groups is 2. The molecule has 6 heteroatoms. The minimum absolute atomic E-state index is 0.0266. The minimum atomic E-state index is -0.529. The van der Waals surface area contributed by atoms with Gasteiger partial charge in [-0.25, -0.2) is 0 Å². The molecule has 0 aliphatic carbocycles. The summed E-state index contributed by atoms with van der Waals surface area (Å²) in [7, 11) is 0. The van der Waals surface area contributed by atoms with Crippen molar-refractivity contribution in [3.8, 4) is 11.5 Å². The van der Waals surface area contributed by atoms with Gasteiger partial charge in [0.15, 0.2) is 11.5 Å². The third-order valence-corrected chi connectivity index (χ3v) is 5.32. The van der Waals surface area contributed by atoms with Crippen molar-refractivity contribution in [2.45, 2.75) is 52.1 Å². The van der Waals surface area contributed by atoms with Crippen molar-refractivity contribution in [2.24, 2.45) is 0 Å². The Morgan fingerprint density at radius 1 is 0.935 bits per heavy atom. The second-order valence-corrected chi connectivity index (χ2v) is 8.14. The van der Waals surface area contributed by atoms with Crippen molar-refractivity contribution >= 4 is 11.8 Å². The van der Waals surface area contributed by atoms with Crippen LogP contribution >= 0.6 is 0 Å². The predicted octanol–water partition coefficient (Wildman–Crippen LogP) is 3.37. The van der Waals surface area contributed by atoms with Crippen LogP contribution in [0.3, 0.4) is 0 Å². The van der Waals surface area contributed by atoms with Crippen molar-refractivity contribution in [3.05, 3.63) is 59.7 Å². The van der Waals surface area contributed by atoms with Crippen LogP contribution in [0.5, 0.6) is 11.5 Å². The lowest BCUT2D eigenvalue weighted by atomic mass is 10.1. The van der Waals surface area contributed by atoms with Gasteiger partial charge in [-0.05, 0) is 56.9 Å². The second kappa shape index (κ2) is 10.8. The zero-order valence-electron chi connectivity index (χ0n) is 18.6. The molecule has 31 heavy (non-hydrogen) atoms. The maximum atomic E-state index is 13.1. The van der Waals surface area contributed by atoms with Gasteiger partial charge < -0.3 is 19.7 Å². The summed E-state index contributed by atoms with van der Waals surface area (Å²) in [6.07, 6.45) is 1.61. The van der Waals surface area contributed by atoms with Gasteiger partial charge in [-0.2, -0.15) is 0 Å². The van der Waals surface area contributed by atoms with E-state index < -0.39 is 6.04 Å². The minimum Gasteiger partial charge on any atom is -0.486 e. The van der Waals surface area contributed by atoms with E-state index in [0.717, 1.165) is 22.6 Å². The Bertz CT molecular complexity index is 882. The van der Waals surface area contributed by atoms with Crippen LogP contribution in [0, 0.1) is 0 Å². The normalized spacial score (nSPS) is 13.5. The van der Waals surface area contributed by atoms with Crippen LogP contribution in [0.1, 0.15) is 38.3 Å². The van der Waals surface area contributed by atoms with E-state index in [1.165, 1.54) is 0 Å². The van der Waals surface area contributed by atoms with Crippen molar-refractivity contribution in [1.29, 1.82) is 0 Å². The molecule has 6 nitrogen and oxygen atoms in total. The highest BCUT2D eigenvalue weighted by Crippen LogP contribution is 2.31. The van der Waals surface area contributed by atoms with Gasteiger partial charge in [0.05, 0.1) is 0 Å². The van der Waals surface area contributed by atoms with E-state index in [4.69, 9.17) is 9.47 Å². The molecule has 2 aromatic carbocycles. The number of aryl methyl sites for hydroxylation is 1. The average molecular weight is 425 g/mol. The highest BCUT2D eigenvalue weighted by atomic mass is 16.6. The van der Waals surface area contributed by atoms with Crippen molar-refractivity contribution in [1.82, 2.24) is 10.2 Å². The summed E-state index contributed by atoms with van der Waals surface area (Å²) < 4.78 is 11.2. The molecule has 0 fully saturated rings. The summed E-state index contributed by atoms with van der Waals surface area (Å²) >= 11 is 0. The number of hydrogen-bond donors (Lipinski definition) is 1. The third-order valence-electron chi connectivity index (χ3n) is 5.32. The number of rotatable bonds is 9. The Morgan fingerprint density at radius 3 is 2.35 bits per heavy atom. The maximum absolute atomic E-state index is 13.1. The van der Waals surface area contributed by atoms with E-state index >= 15 is 0 Å². The van der Waals surface area contributed by atoms with Crippen LogP contribution in [-0.2, 0) is 22.4 Å². The van der Waals surface area contributed by atoms with Gasteiger partial charge in [0.25, 0.3) is 0 Å². The second-order valence-electron chi connectivity index (χ2n) is 8.14. The number of ether oxygens (including phenoxy) is 2. The molecule has 0 unspecified atom stereocenters. The largest absolute Gasteiger partial charge is 0.486 e. The Labute approximate surface area is 184 Å². The molecule has 0 radical (unpaired) electrons. The van der Waals surface area contributed by atoms with E-state index in [1.54, 1.807) is 11.8 Å². The number of amides is 2. The molecule has 0 spiro atoms. The van der Waals surface area contributed by atoms with E-state index in [0.29, 0.717) is 39.0 Å².